The van der Waals surface area contributed by atoms with Crippen LogP contribution < -0.4 is 15.8 Å². The second kappa shape index (κ2) is 8.66. The van der Waals surface area contributed by atoms with E-state index in [1.54, 1.807) is 24.3 Å². The summed E-state index contributed by atoms with van der Waals surface area (Å²) in [5.41, 5.74) is 7.36. The van der Waals surface area contributed by atoms with Gasteiger partial charge in [0.15, 0.2) is 0 Å². The number of hydrogen-bond acceptors (Lipinski definition) is 4. The van der Waals surface area contributed by atoms with Crippen molar-refractivity contribution in [2.45, 2.75) is 25.7 Å². The summed E-state index contributed by atoms with van der Waals surface area (Å²) in [6.45, 7) is 1.13. The van der Waals surface area contributed by atoms with E-state index in [0.717, 1.165) is 23.2 Å². The van der Waals surface area contributed by atoms with Crippen LogP contribution >= 0.6 is 0 Å². The summed E-state index contributed by atoms with van der Waals surface area (Å²) in [6, 6.07) is 9.87. The lowest BCUT2D eigenvalue weighted by molar-refractivity contribution is -0.164. The highest BCUT2D eigenvalue weighted by Gasteiger charge is 2.39. The molecule has 164 valence electrons. The molecule has 6 nitrogen and oxygen atoms in total. The van der Waals surface area contributed by atoms with Crippen molar-refractivity contribution in [1.29, 1.82) is 0 Å². The Bertz CT molecular complexity index is 1080. The Morgan fingerprint density at radius 3 is 2.48 bits per heavy atom. The topological polar surface area (TPSA) is 82.2 Å². The van der Waals surface area contributed by atoms with Gasteiger partial charge in [0.25, 0.3) is 5.91 Å². The van der Waals surface area contributed by atoms with Crippen molar-refractivity contribution in [3.63, 3.8) is 0 Å². The maximum Gasteiger partial charge on any atom is 0.410 e. The summed E-state index contributed by atoms with van der Waals surface area (Å²) in [7, 11) is 1.38. The lowest BCUT2D eigenvalue weighted by Crippen LogP contribution is -2.25. The number of anilines is 1. The van der Waals surface area contributed by atoms with E-state index in [1.165, 1.54) is 25.3 Å². The van der Waals surface area contributed by atoms with Gasteiger partial charge in [-0.3, -0.25) is 4.79 Å². The molecule has 0 aliphatic heterocycles. The van der Waals surface area contributed by atoms with Crippen LogP contribution in [0.2, 0.25) is 0 Å². The Morgan fingerprint density at radius 2 is 1.87 bits per heavy atom. The van der Waals surface area contributed by atoms with Crippen LogP contribution in [-0.4, -0.2) is 29.0 Å². The predicted molar refractivity (Wildman–Crippen MR) is 107 cm³/mol. The Morgan fingerprint density at radius 1 is 1.19 bits per heavy atom. The number of halogens is 4. The van der Waals surface area contributed by atoms with Crippen LogP contribution in [0.4, 0.5) is 23.4 Å². The molecule has 3 N–H and O–H groups in total. The van der Waals surface area contributed by atoms with Crippen molar-refractivity contribution < 1.29 is 27.1 Å². The maximum absolute atomic E-state index is 13.4. The van der Waals surface area contributed by atoms with Crippen LogP contribution in [0.25, 0.3) is 11.3 Å². The van der Waals surface area contributed by atoms with Crippen molar-refractivity contribution in [3.05, 3.63) is 65.5 Å². The van der Waals surface area contributed by atoms with E-state index < -0.39 is 23.9 Å². The molecule has 1 amide bonds. The first-order valence-electron chi connectivity index (χ1n) is 9.23. The highest BCUT2D eigenvalue weighted by atomic mass is 19.4. The normalized spacial score (nSPS) is 12.5. The number of alkyl halides is 3. The van der Waals surface area contributed by atoms with Crippen LogP contribution in [0, 0.1) is 5.82 Å². The summed E-state index contributed by atoms with van der Waals surface area (Å²) in [4.78, 5) is 12.3. The molecule has 10 heteroatoms. The Labute approximate surface area is 175 Å². The molecule has 0 saturated carbocycles. The van der Waals surface area contributed by atoms with E-state index in [4.69, 9.17) is 10.5 Å². The fourth-order valence-corrected chi connectivity index (χ4v) is 2.93. The van der Waals surface area contributed by atoms with Crippen molar-refractivity contribution in [3.8, 4) is 17.0 Å². The molecule has 1 aromatic heterocycles. The van der Waals surface area contributed by atoms with Gasteiger partial charge in [-0.1, -0.05) is 24.3 Å². The molecule has 1 unspecified atom stereocenters. The van der Waals surface area contributed by atoms with Gasteiger partial charge in [0.05, 0.1) is 18.4 Å². The van der Waals surface area contributed by atoms with Crippen LogP contribution in [0.15, 0.2) is 48.5 Å². The highest BCUT2D eigenvalue weighted by molar-refractivity contribution is 5.96. The average Bonchev–Trinajstić information content (AvgIpc) is 3.12. The zero-order valence-corrected chi connectivity index (χ0v) is 16.7. The number of nitrogens with zero attached hydrogens (tertiary/aromatic N) is 2. The van der Waals surface area contributed by atoms with Crippen LogP contribution in [-0.2, 0) is 6.54 Å². The highest BCUT2D eigenvalue weighted by Crippen LogP contribution is 2.33. The molecule has 0 spiro atoms. The largest absolute Gasteiger partial charge is 0.496 e. The number of methoxy groups -OCH3 is 1. The Balaban J connectivity index is 1.70. The standard InChI is InChI=1S/C21H20F4N4O2/c1-12(21(23,24)25)29-19(26)10-17(28-29)14-5-3-13(4-6-14)11-27-20(30)16-9-15(22)7-8-18(16)31-2/h3-10,12H,11,26H2,1-2H3,(H,27,30). The lowest BCUT2D eigenvalue weighted by atomic mass is 10.1. The molecule has 0 saturated heterocycles. The fourth-order valence-electron chi connectivity index (χ4n) is 2.93. The molecule has 0 fully saturated rings. The number of hydrogen-bond donors (Lipinski definition) is 2. The molecule has 2 aromatic carbocycles. The molecule has 31 heavy (non-hydrogen) atoms. The van der Waals surface area contributed by atoms with Crippen molar-refractivity contribution in [2.24, 2.45) is 0 Å². The minimum absolute atomic E-state index is 0.0684. The Hall–Kier alpha value is -3.56. The molecule has 1 heterocycles. The lowest BCUT2D eigenvalue weighted by Gasteiger charge is -2.17. The van der Waals surface area contributed by atoms with Gasteiger partial charge in [0.1, 0.15) is 23.4 Å². The summed E-state index contributed by atoms with van der Waals surface area (Å²) in [5.74, 6) is -0.919. The number of carbonyl (C=O) groups is 1. The number of nitrogens with two attached hydrogens (primary N) is 1. The van der Waals surface area contributed by atoms with Crippen LogP contribution in [0.1, 0.15) is 28.9 Å². The second-order valence-electron chi connectivity index (χ2n) is 6.84. The molecular weight excluding hydrogens is 416 g/mol. The van der Waals surface area contributed by atoms with E-state index in [-0.39, 0.29) is 23.7 Å². The first-order chi connectivity index (χ1) is 14.6. The minimum Gasteiger partial charge on any atom is -0.496 e. The summed E-state index contributed by atoms with van der Waals surface area (Å²) >= 11 is 0. The minimum atomic E-state index is -4.47. The van der Waals surface area contributed by atoms with E-state index in [2.05, 4.69) is 10.4 Å². The SMILES string of the molecule is COc1ccc(F)cc1C(=O)NCc1ccc(-c2cc(N)n(C(C)C(F)(F)F)n2)cc1. The van der Waals surface area contributed by atoms with Gasteiger partial charge in [0, 0.05) is 18.2 Å². The van der Waals surface area contributed by atoms with Crippen LogP contribution in [0.3, 0.4) is 0 Å². The van der Waals surface area contributed by atoms with Crippen molar-refractivity contribution >= 4 is 11.7 Å². The number of rotatable bonds is 6. The van der Waals surface area contributed by atoms with Crippen molar-refractivity contribution in [2.75, 3.05) is 12.8 Å². The number of carbonyl (C=O) groups excluding carboxylic acids is 1. The first kappa shape index (κ1) is 22.1. The summed E-state index contributed by atoms with van der Waals surface area (Å²) in [5, 5.41) is 6.64. The average molecular weight is 436 g/mol. The van der Waals surface area contributed by atoms with Crippen molar-refractivity contribution in [1.82, 2.24) is 15.1 Å². The smallest absolute Gasteiger partial charge is 0.410 e. The predicted octanol–water partition coefficient (Wildman–Crippen LogP) is 4.33. The monoisotopic (exact) mass is 436 g/mol. The molecule has 0 radical (unpaired) electrons. The van der Waals surface area contributed by atoms with E-state index in [0.29, 0.717) is 11.3 Å². The summed E-state index contributed by atoms with van der Waals surface area (Å²) < 4.78 is 58.1. The molecule has 1 atom stereocenters. The van der Waals surface area contributed by atoms with Gasteiger partial charge in [-0.25, -0.2) is 9.07 Å². The van der Waals surface area contributed by atoms with E-state index in [9.17, 15) is 22.4 Å². The Kier molecular flexibility index (Phi) is 6.19. The number of nitrogen functional groups attached to an aromatic ring is 1. The summed E-state index contributed by atoms with van der Waals surface area (Å²) in [6.07, 6.45) is -4.47. The fraction of sp³-hybridized carbons (Fsp3) is 0.238. The van der Waals surface area contributed by atoms with Gasteiger partial charge in [-0.05, 0) is 30.7 Å². The molecule has 0 aliphatic rings. The number of nitrogens with one attached hydrogen (secondary N) is 1. The van der Waals surface area contributed by atoms with Crippen LogP contribution in [0.5, 0.6) is 5.75 Å². The van der Waals surface area contributed by atoms with Gasteiger partial charge in [0.2, 0.25) is 0 Å². The zero-order chi connectivity index (χ0) is 22.8. The number of ether oxygens (including phenoxy) is 1. The van der Waals surface area contributed by atoms with Gasteiger partial charge in [-0.15, -0.1) is 0 Å². The quantitative estimate of drug-likeness (QED) is 0.564. The maximum atomic E-state index is 13.4. The third kappa shape index (κ3) is 4.96. The molecule has 0 aliphatic carbocycles. The number of aromatic nitrogens is 2. The number of amides is 1. The first-order valence-corrected chi connectivity index (χ1v) is 9.23. The van der Waals surface area contributed by atoms with Gasteiger partial charge >= 0.3 is 6.18 Å². The third-order valence-electron chi connectivity index (χ3n) is 4.71. The molecular formula is C21H20F4N4O2. The molecule has 0 bridgehead atoms. The second-order valence-corrected chi connectivity index (χ2v) is 6.84. The molecule has 3 aromatic rings. The van der Waals surface area contributed by atoms with Gasteiger partial charge < -0.3 is 15.8 Å². The van der Waals surface area contributed by atoms with E-state index in [1.807, 2.05) is 0 Å². The molecule has 3 rings (SSSR count). The third-order valence-corrected chi connectivity index (χ3v) is 4.71. The zero-order valence-electron chi connectivity index (χ0n) is 16.7. The van der Waals surface area contributed by atoms with Gasteiger partial charge in [-0.2, -0.15) is 18.3 Å². The number of benzene rings is 2. The van der Waals surface area contributed by atoms with E-state index >= 15 is 0 Å².